The SMILES string of the molecule is CCCc1noc(CN(CCC(=O)O)C2CC2)n1. The summed E-state index contributed by atoms with van der Waals surface area (Å²) < 4.78 is 5.18. The first-order valence-electron chi connectivity index (χ1n) is 6.46. The van der Waals surface area contributed by atoms with Gasteiger partial charge in [0, 0.05) is 19.0 Å². The third-order valence-corrected chi connectivity index (χ3v) is 3.00. The number of aryl methyl sites for hydroxylation is 1. The Hall–Kier alpha value is -1.43. The summed E-state index contributed by atoms with van der Waals surface area (Å²) >= 11 is 0. The first-order valence-corrected chi connectivity index (χ1v) is 6.46. The van der Waals surface area contributed by atoms with Crippen molar-refractivity contribution in [3.8, 4) is 0 Å². The molecule has 1 fully saturated rings. The average molecular weight is 253 g/mol. The van der Waals surface area contributed by atoms with E-state index in [4.69, 9.17) is 9.63 Å². The molecule has 1 aromatic rings. The van der Waals surface area contributed by atoms with Crippen LogP contribution in [0.2, 0.25) is 0 Å². The van der Waals surface area contributed by atoms with Gasteiger partial charge in [0.2, 0.25) is 5.89 Å². The van der Waals surface area contributed by atoms with E-state index >= 15 is 0 Å². The summed E-state index contributed by atoms with van der Waals surface area (Å²) in [6.07, 6.45) is 4.24. The van der Waals surface area contributed by atoms with Crippen LogP contribution in [0.3, 0.4) is 0 Å². The highest BCUT2D eigenvalue weighted by molar-refractivity contribution is 5.66. The maximum atomic E-state index is 10.6. The number of aliphatic carboxylic acids is 1. The number of carbonyl (C=O) groups is 1. The van der Waals surface area contributed by atoms with E-state index in [1.54, 1.807) is 0 Å². The Bertz CT molecular complexity index is 401. The first-order chi connectivity index (χ1) is 8.69. The molecule has 0 aromatic carbocycles. The van der Waals surface area contributed by atoms with Gasteiger partial charge in [0.05, 0.1) is 13.0 Å². The van der Waals surface area contributed by atoms with Crippen LogP contribution in [-0.2, 0) is 17.8 Å². The van der Waals surface area contributed by atoms with Gasteiger partial charge in [-0.3, -0.25) is 9.69 Å². The fourth-order valence-electron chi connectivity index (χ4n) is 1.92. The lowest BCUT2D eigenvalue weighted by atomic mass is 10.3. The van der Waals surface area contributed by atoms with Gasteiger partial charge >= 0.3 is 5.97 Å². The van der Waals surface area contributed by atoms with Crippen molar-refractivity contribution in [1.29, 1.82) is 0 Å². The van der Waals surface area contributed by atoms with Gasteiger partial charge in [-0.05, 0) is 19.3 Å². The van der Waals surface area contributed by atoms with Crippen LogP contribution in [0, 0.1) is 0 Å². The largest absolute Gasteiger partial charge is 0.481 e. The molecule has 1 saturated carbocycles. The van der Waals surface area contributed by atoms with E-state index in [9.17, 15) is 4.79 Å². The Morgan fingerprint density at radius 3 is 2.94 bits per heavy atom. The Balaban J connectivity index is 1.88. The lowest BCUT2D eigenvalue weighted by molar-refractivity contribution is -0.137. The van der Waals surface area contributed by atoms with Crippen molar-refractivity contribution in [2.75, 3.05) is 6.54 Å². The molecule has 0 unspecified atom stereocenters. The summed E-state index contributed by atoms with van der Waals surface area (Å²) in [5.41, 5.74) is 0. The number of carboxylic acid groups (broad SMARTS) is 1. The zero-order valence-corrected chi connectivity index (χ0v) is 10.6. The second-order valence-corrected chi connectivity index (χ2v) is 4.70. The smallest absolute Gasteiger partial charge is 0.304 e. The molecule has 0 radical (unpaired) electrons. The molecule has 0 saturated heterocycles. The molecule has 18 heavy (non-hydrogen) atoms. The Morgan fingerprint density at radius 1 is 1.56 bits per heavy atom. The zero-order chi connectivity index (χ0) is 13.0. The summed E-state index contributed by atoms with van der Waals surface area (Å²) in [4.78, 5) is 17.0. The molecule has 1 N–H and O–H groups in total. The van der Waals surface area contributed by atoms with E-state index in [-0.39, 0.29) is 6.42 Å². The van der Waals surface area contributed by atoms with Gasteiger partial charge in [-0.25, -0.2) is 0 Å². The van der Waals surface area contributed by atoms with Crippen LogP contribution >= 0.6 is 0 Å². The van der Waals surface area contributed by atoms with Gasteiger partial charge in [-0.15, -0.1) is 0 Å². The number of aromatic nitrogens is 2. The van der Waals surface area contributed by atoms with Crippen molar-refractivity contribution in [2.45, 2.75) is 51.6 Å². The topological polar surface area (TPSA) is 79.5 Å². The highest BCUT2D eigenvalue weighted by Gasteiger charge is 2.30. The highest BCUT2D eigenvalue weighted by atomic mass is 16.5. The van der Waals surface area contributed by atoms with Gasteiger partial charge in [0.1, 0.15) is 0 Å². The van der Waals surface area contributed by atoms with Crippen LogP contribution in [-0.4, -0.2) is 38.7 Å². The van der Waals surface area contributed by atoms with Crippen molar-refractivity contribution in [3.63, 3.8) is 0 Å². The molecule has 100 valence electrons. The molecule has 0 atom stereocenters. The maximum absolute atomic E-state index is 10.6. The predicted molar refractivity (Wildman–Crippen MR) is 64.0 cm³/mol. The first kappa shape index (κ1) is 13.0. The van der Waals surface area contributed by atoms with Crippen molar-refractivity contribution >= 4 is 5.97 Å². The van der Waals surface area contributed by atoms with Gasteiger partial charge in [0.15, 0.2) is 5.82 Å². The summed E-state index contributed by atoms with van der Waals surface area (Å²) in [7, 11) is 0. The third kappa shape index (κ3) is 3.80. The van der Waals surface area contributed by atoms with Crippen LogP contribution in [0.4, 0.5) is 0 Å². The Labute approximate surface area is 106 Å². The fourth-order valence-corrected chi connectivity index (χ4v) is 1.92. The van der Waals surface area contributed by atoms with Crippen molar-refractivity contribution in [3.05, 3.63) is 11.7 Å². The monoisotopic (exact) mass is 253 g/mol. The number of hydrogen-bond donors (Lipinski definition) is 1. The van der Waals surface area contributed by atoms with E-state index in [2.05, 4.69) is 22.0 Å². The van der Waals surface area contributed by atoms with Crippen molar-refractivity contribution in [2.24, 2.45) is 0 Å². The van der Waals surface area contributed by atoms with Crippen LogP contribution in [0.1, 0.15) is 44.3 Å². The number of hydrogen-bond acceptors (Lipinski definition) is 5. The average Bonchev–Trinajstić information content (AvgIpc) is 3.07. The molecule has 0 aliphatic heterocycles. The Kier molecular flexibility index (Phi) is 4.30. The second kappa shape index (κ2) is 5.95. The van der Waals surface area contributed by atoms with E-state index in [0.29, 0.717) is 25.0 Å². The molecule has 0 spiro atoms. The van der Waals surface area contributed by atoms with E-state index in [0.717, 1.165) is 31.5 Å². The van der Waals surface area contributed by atoms with Gasteiger partial charge in [-0.2, -0.15) is 4.98 Å². The molecule has 1 heterocycles. The van der Waals surface area contributed by atoms with E-state index in [1.165, 1.54) is 0 Å². The minimum atomic E-state index is -0.766. The van der Waals surface area contributed by atoms with Crippen LogP contribution in [0.5, 0.6) is 0 Å². The molecule has 0 bridgehead atoms. The van der Waals surface area contributed by atoms with Crippen LogP contribution < -0.4 is 0 Å². The van der Waals surface area contributed by atoms with Crippen LogP contribution in [0.15, 0.2) is 4.52 Å². The number of rotatable bonds is 8. The summed E-state index contributed by atoms with van der Waals surface area (Å²) in [6, 6.07) is 0.492. The van der Waals surface area contributed by atoms with Crippen LogP contribution in [0.25, 0.3) is 0 Å². The summed E-state index contributed by atoms with van der Waals surface area (Å²) in [5.74, 6) is 0.565. The fraction of sp³-hybridized carbons (Fsp3) is 0.750. The molecule has 2 rings (SSSR count). The van der Waals surface area contributed by atoms with E-state index in [1.807, 2.05) is 0 Å². The number of nitrogens with zero attached hydrogens (tertiary/aromatic N) is 3. The van der Waals surface area contributed by atoms with Gasteiger partial charge in [-0.1, -0.05) is 12.1 Å². The highest BCUT2D eigenvalue weighted by Crippen LogP contribution is 2.28. The van der Waals surface area contributed by atoms with Crippen molar-refractivity contribution < 1.29 is 14.4 Å². The van der Waals surface area contributed by atoms with Gasteiger partial charge in [0.25, 0.3) is 0 Å². The molecular weight excluding hydrogens is 234 g/mol. The quantitative estimate of drug-likeness (QED) is 0.755. The predicted octanol–water partition coefficient (Wildman–Crippen LogP) is 1.46. The molecule has 1 aromatic heterocycles. The van der Waals surface area contributed by atoms with E-state index < -0.39 is 5.97 Å². The number of carboxylic acids is 1. The molecule has 0 amide bonds. The Morgan fingerprint density at radius 2 is 2.33 bits per heavy atom. The lowest BCUT2D eigenvalue weighted by Gasteiger charge is -2.18. The molecule has 6 nitrogen and oxygen atoms in total. The zero-order valence-electron chi connectivity index (χ0n) is 10.6. The third-order valence-electron chi connectivity index (χ3n) is 3.00. The van der Waals surface area contributed by atoms with Crippen molar-refractivity contribution in [1.82, 2.24) is 15.0 Å². The second-order valence-electron chi connectivity index (χ2n) is 4.70. The molecule has 6 heteroatoms. The summed E-state index contributed by atoms with van der Waals surface area (Å²) in [5, 5.41) is 12.6. The normalized spacial score (nSPS) is 15.2. The lowest BCUT2D eigenvalue weighted by Crippen LogP contribution is -2.28. The minimum Gasteiger partial charge on any atom is -0.481 e. The molecule has 1 aliphatic carbocycles. The molecule has 1 aliphatic rings. The maximum Gasteiger partial charge on any atom is 0.304 e. The summed E-state index contributed by atoms with van der Waals surface area (Å²) in [6.45, 7) is 3.18. The standard InChI is InChI=1S/C12H19N3O3/c1-2-3-10-13-11(18-14-10)8-15(9-4-5-9)7-6-12(16)17/h9H,2-8H2,1H3,(H,16,17). The minimum absolute atomic E-state index is 0.159. The molecular formula is C12H19N3O3. The van der Waals surface area contributed by atoms with Gasteiger partial charge < -0.3 is 9.63 Å².